The van der Waals surface area contributed by atoms with E-state index in [2.05, 4.69) is 20.9 Å². The molecule has 0 rings (SSSR count). The maximum atomic E-state index is 13.1. The average molecular weight is 531 g/mol. The Hall–Kier alpha value is -3.46. The number of carbonyl (C=O) groups excluding carboxylic acids is 3. The second-order valence-electron chi connectivity index (χ2n) is 8.77. The van der Waals surface area contributed by atoms with Crippen molar-refractivity contribution in [3.63, 3.8) is 0 Å². The summed E-state index contributed by atoms with van der Waals surface area (Å²) in [5.41, 5.74) is 21.6. The van der Waals surface area contributed by atoms with Gasteiger partial charge in [-0.3, -0.25) is 24.2 Å². The largest absolute Gasteiger partial charge is 0.481 e. The van der Waals surface area contributed by atoms with Crippen molar-refractivity contribution in [2.45, 2.75) is 83.0 Å². The van der Waals surface area contributed by atoms with Crippen LogP contribution in [0, 0.1) is 5.92 Å². The number of hydrogen-bond acceptors (Lipinski definition) is 8. The van der Waals surface area contributed by atoms with Gasteiger partial charge in [-0.05, 0) is 44.6 Å². The Morgan fingerprint density at radius 1 is 0.865 bits per heavy atom. The fraction of sp³-hybridized carbons (Fsp3) is 0.727. The molecular formula is C22H42N8O7. The first-order valence-electron chi connectivity index (χ1n) is 12.2. The highest BCUT2D eigenvalue weighted by atomic mass is 16.4. The molecule has 3 amide bonds. The van der Waals surface area contributed by atoms with Crippen LogP contribution in [0.5, 0.6) is 0 Å². The molecule has 0 aliphatic carbocycles. The van der Waals surface area contributed by atoms with Gasteiger partial charge in [0, 0.05) is 6.54 Å². The lowest BCUT2D eigenvalue weighted by atomic mass is 9.96. The molecule has 5 unspecified atom stereocenters. The monoisotopic (exact) mass is 530 g/mol. The number of nitrogens with zero attached hydrogens (tertiary/aromatic N) is 1. The van der Waals surface area contributed by atoms with Crippen LogP contribution in [-0.2, 0) is 24.0 Å². The van der Waals surface area contributed by atoms with Gasteiger partial charge in [0.05, 0.1) is 12.5 Å². The molecule has 15 heteroatoms. The van der Waals surface area contributed by atoms with Crippen molar-refractivity contribution in [1.29, 1.82) is 0 Å². The molecule has 0 aliphatic rings. The van der Waals surface area contributed by atoms with Crippen LogP contribution in [0.2, 0.25) is 0 Å². The summed E-state index contributed by atoms with van der Waals surface area (Å²) in [6.07, 6.45) is 1.41. The van der Waals surface area contributed by atoms with Gasteiger partial charge in [0.2, 0.25) is 17.7 Å². The van der Waals surface area contributed by atoms with Gasteiger partial charge in [-0.1, -0.05) is 20.3 Å². The molecule has 5 atom stereocenters. The minimum Gasteiger partial charge on any atom is -0.481 e. The summed E-state index contributed by atoms with van der Waals surface area (Å²) in [6, 6.07) is -4.81. The summed E-state index contributed by atoms with van der Waals surface area (Å²) in [6.45, 7) is 4.03. The zero-order valence-corrected chi connectivity index (χ0v) is 21.4. The first kappa shape index (κ1) is 33.5. The molecule has 0 heterocycles. The van der Waals surface area contributed by atoms with E-state index in [0.29, 0.717) is 25.8 Å². The van der Waals surface area contributed by atoms with Gasteiger partial charge in [-0.15, -0.1) is 0 Å². The number of carbonyl (C=O) groups is 5. The molecule has 212 valence electrons. The molecule has 15 nitrogen and oxygen atoms in total. The molecule has 0 aromatic carbocycles. The minimum absolute atomic E-state index is 0.0499. The smallest absolute Gasteiger partial charge is 0.326 e. The van der Waals surface area contributed by atoms with Crippen LogP contribution in [0.1, 0.15) is 58.8 Å². The number of nitrogens with one attached hydrogen (secondary N) is 3. The molecule has 0 aromatic rings. The number of unbranched alkanes of at least 4 members (excludes halogenated alkanes) is 1. The van der Waals surface area contributed by atoms with Crippen molar-refractivity contribution in [2.75, 3.05) is 13.1 Å². The average Bonchev–Trinajstić information content (AvgIpc) is 2.82. The summed E-state index contributed by atoms with van der Waals surface area (Å²) in [7, 11) is 0. The van der Waals surface area contributed by atoms with Gasteiger partial charge in [0.15, 0.2) is 5.96 Å². The number of rotatable bonds is 19. The van der Waals surface area contributed by atoms with E-state index in [1.54, 1.807) is 13.8 Å². The van der Waals surface area contributed by atoms with Crippen LogP contribution < -0.4 is 38.9 Å². The summed E-state index contributed by atoms with van der Waals surface area (Å²) in [5.74, 6) is -5.26. The summed E-state index contributed by atoms with van der Waals surface area (Å²) in [5, 5.41) is 25.9. The van der Waals surface area contributed by atoms with Gasteiger partial charge in [0.25, 0.3) is 0 Å². The fourth-order valence-corrected chi connectivity index (χ4v) is 3.30. The summed E-state index contributed by atoms with van der Waals surface area (Å²) >= 11 is 0. The van der Waals surface area contributed by atoms with E-state index in [-0.39, 0.29) is 37.7 Å². The molecule has 0 saturated carbocycles. The van der Waals surface area contributed by atoms with Crippen LogP contribution >= 0.6 is 0 Å². The normalized spacial score (nSPS) is 14.8. The SMILES string of the molecule is CCC(C)C(NC(=O)C(N)CC(=O)O)C(=O)NC(CCCCN)C(=O)NC(CCCN=C(N)N)C(=O)O. The van der Waals surface area contributed by atoms with Gasteiger partial charge in [0.1, 0.15) is 18.1 Å². The predicted molar refractivity (Wildman–Crippen MR) is 136 cm³/mol. The Kier molecular flexibility index (Phi) is 16.2. The molecular weight excluding hydrogens is 488 g/mol. The van der Waals surface area contributed by atoms with Gasteiger partial charge >= 0.3 is 11.9 Å². The molecule has 13 N–H and O–H groups in total. The summed E-state index contributed by atoms with van der Waals surface area (Å²) < 4.78 is 0. The van der Waals surface area contributed by atoms with Crippen molar-refractivity contribution in [2.24, 2.45) is 33.8 Å². The maximum Gasteiger partial charge on any atom is 0.326 e. The summed E-state index contributed by atoms with van der Waals surface area (Å²) in [4.78, 5) is 64.8. The lowest BCUT2D eigenvalue weighted by Gasteiger charge is -2.28. The number of carboxylic acid groups (broad SMARTS) is 2. The third kappa shape index (κ3) is 14.0. The Labute approximate surface area is 216 Å². The highest BCUT2D eigenvalue weighted by molar-refractivity contribution is 5.94. The van der Waals surface area contributed by atoms with Crippen molar-refractivity contribution in [3.8, 4) is 0 Å². The molecule has 37 heavy (non-hydrogen) atoms. The van der Waals surface area contributed by atoms with E-state index >= 15 is 0 Å². The second-order valence-corrected chi connectivity index (χ2v) is 8.77. The number of aliphatic carboxylic acids is 2. The highest BCUT2D eigenvalue weighted by Gasteiger charge is 2.32. The van der Waals surface area contributed by atoms with Crippen LogP contribution in [0.25, 0.3) is 0 Å². The standard InChI is InChI=1S/C22H42N8O7/c1-3-12(2)17(30-18(33)13(24)11-16(31)32)20(35)28-14(7-4-5-9-23)19(34)29-15(21(36)37)8-6-10-27-22(25)26/h12-15,17H,3-11,23-24H2,1-2H3,(H,28,35)(H,29,34)(H,30,33)(H,31,32)(H,36,37)(H4,25,26,27). The second kappa shape index (κ2) is 17.9. The maximum absolute atomic E-state index is 13.1. The van der Waals surface area contributed by atoms with E-state index in [4.69, 9.17) is 28.0 Å². The van der Waals surface area contributed by atoms with Crippen LogP contribution in [0.3, 0.4) is 0 Å². The van der Waals surface area contributed by atoms with Gasteiger partial charge in [-0.2, -0.15) is 0 Å². The lowest BCUT2D eigenvalue weighted by Crippen LogP contribution is -2.58. The first-order valence-corrected chi connectivity index (χ1v) is 12.2. The van der Waals surface area contributed by atoms with E-state index in [9.17, 15) is 29.1 Å². The zero-order chi connectivity index (χ0) is 28.5. The van der Waals surface area contributed by atoms with Gasteiger partial charge < -0.3 is 49.1 Å². The Balaban J connectivity index is 5.55. The number of carboxylic acids is 2. The number of guanidine groups is 1. The van der Waals surface area contributed by atoms with Crippen molar-refractivity contribution in [1.82, 2.24) is 16.0 Å². The number of amides is 3. The first-order chi connectivity index (χ1) is 17.3. The molecule has 0 radical (unpaired) electrons. The van der Waals surface area contributed by atoms with E-state index < -0.39 is 60.2 Å². The van der Waals surface area contributed by atoms with Crippen LogP contribution in [0.4, 0.5) is 0 Å². The predicted octanol–water partition coefficient (Wildman–Crippen LogP) is -2.44. The highest BCUT2D eigenvalue weighted by Crippen LogP contribution is 2.11. The quantitative estimate of drug-likeness (QED) is 0.0480. The van der Waals surface area contributed by atoms with Gasteiger partial charge in [-0.25, -0.2) is 4.79 Å². The Morgan fingerprint density at radius 2 is 1.46 bits per heavy atom. The molecule has 0 bridgehead atoms. The number of aliphatic imine (C=N–C) groups is 1. The van der Waals surface area contributed by atoms with Crippen molar-refractivity contribution < 1.29 is 34.2 Å². The molecule has 0 aromatic heterocycles. The minimum atomic E-state index is -1.37. The molecule has 0 saturated heterocycles. The molecule has 0 spiro atoms. The van der Waals surface area contributed by atoms with Crippen LogP contribution in [-0.4, -0.2) is 83.1 Å². The van der Waals surface area contributed by atoms with Crippen LogP contribution in [0.15, 0.2) is 4.99 Å². The Morgan fingerprint density at radius 3 is 1.97 bits per heavy atom. The zero-order valence-electron chi connectivity index (χ0n) is 21.4. The third-order valence-electron chi connectivity index (χ3n) is 5.66. The van der Waals surface area contributed by atoms with E-state index in [1.165, 1.54) is 0 Å². The van der Waals surface area contributed by atoms with E-state index in [0.717, 1.165) is 0 Å². The Bertz CT molecular complexity index is 804. The fourth-order valence-electron chi connectivity index (χ4n) is 3.30. The third-order valence-corrected chi connectivity index (χ3v) is 5.66. The number of nitrogens with two attached hydrogens (primary N) is 4. The molecule has 0 fully saturated rings. The van der Waals surface area contributed by atoms with Crippen molar-refractivity contribution in [3.05, 3.63) is 0 Å². The molecule has 0 aliphatic heterocycles. The van der Waals surface area contributed by atoms with Crippen molar-refractivity contribution >= 4 is 35.6 Å². The number of hydrogen-bond donors (Lipinski definition) is 9. The van der Waals surface area contributed by atoms with E-state index in [1.807, 2.05) is 0 Å². The lowest BCUT2D eigenvalue weighted by molar-refractivity contribution is -0.142. The topological polar surface area (TPSA) is 278 Å².